The molecule has 3 rings (SSSR count). The van der Waals surface area contributed by atoms with E-state index in [1.54, 1.807) is 0 Å². The summed E-state index contributed by atoms with van der Waals surface area (Å²) in [6.45, 7) is 0. The van der Waals surface area contributed by atoms with Crippen LogP contribution in [-0.4, -0.2) is 6.29 Å². The topological polar surface area (TPSA) is 17.1 Å². The van der Waals surface area contributed by atoms with Crippen LogP contribution in [0, 0.1) is 23.2 Å². The third-order valence-corrected chi connectivity index (χ3v) is 4.62. The second-order valence-corrected chi connectivity index (χ2v) is 5.58. The molecule has 1 nitrogen and oxygen atoms in total. The first kappa shape index (κ1) is 8.02. The highest BCUT2D eigenvalue weighted by Crippen LogP contribution is 2.59. The number of rotatable bonds is 3. The average Bonchev–Trinajstić information content (AvgIpc) is 2.74. The van der Waals surface area contributed by atoms with Crippen molar-refractivity contribution in [3.63, 3.8) is 0 Å². The van der Waals surface area contributed by atoms with Gasteiger partial charge in [-0.3, -0.25) is 0 Å². The maximum Gasteiger partial charge on any atom is 0.126 e. The Hall–Kier alpha value is -0.330. The van der Waals surface area contributed by atoms with Crippen LogP contribution in [0.2, 0.25) is 0 Å². The molecule has 3 saturated carbocycles. The van der Waals surface area contributed by atoms with Crippen molar-refractivity contribution in [3.05, 3.63) is 0 Å². The quantitative estimate of drug-likeness (QED) is 0.607. The van der Waals surface area contributed by atoms with Crippen LogP contribution in [0.15, 0.2) is 0 Å². The van der Waals surface area contributed by atoms with Crippen LogP contribution in [0.3, 0.4) is 0 Å². The van der Waals surface area contributed by atoms with E-state index >= 15 is 0 Å². The number of hydrogen-bond donors (Lipinski definition) is 0. The standard InChI is InChI=1S/C12H18O/c13-8-12(6-9-1-2-9)7-10-3-4-11(12)5-10/h8-11H,1-7H2. The first-order chi connectivity index (χ1) is 6.32. The number of aldehydes is 1. The predicted molar refractivity (Wildman–Crippen MR) is 51.3 cm³/mol. The van der Waals surface area contributed by atoms with E-state index in [2.05, 4.69) is 0 Å². The summed E-state index contributed by atoms with van der Waals surface area (Å²) in [4.78, 5) is 11.3. The molecule has 0 N–H and O–H groups in total. The van der Waals surface area contributed by atoms with Crippen molar-refractivity contribution in [2.45, 2.75) is 44.9 Å². The molecule has 0 aromatic carbocycles. The SMILES string of the molecule is O=CC1(CC2CC2)CC2CCC1C2. The highest BCUT2D eigenvalue weighted by Gasteiger charge is 2.52. The Balaban J connectivity index is 1.79. The molecule has 3 atom stereocenters. The fourth-order valence-electron chi connectivity index (χ4n) is 3.79. The van der Waals surface area contributed by atoms with Crippen molar-refractivity contribution < 1.29 is 4.79 Å². The number of fused-ring (bicyclic) bond motifs is 2. The molecule has 3 fully saturated rings. The van der Waals surface area contributed by atoms with E-state index in [1.165, 1.54) is 51.2 Å². The zero-order chi connectivity index (χ0) is 8.89. The van der Waals surface area contributed by atoms with Gasteiger partial charge in [0.15, 0.2) is 0 Å². The van der Waals surface area contributed by atoms with E-state index in [0.717, 1.165) is 17.8 Å². The summed E-state index contributed by atoms with van der Waals surface area (Å²) >= 11 is 0. The Labute approximate surface area is 79.9 Å². The molecule has 3 aliphatic carbocycles. The van der Waals surface area contributed by atoms with Gasteiger partial charge in [-0.1, -0.05) is 19.3 Å². The van der Waals surface area contributed by atoms with Crippen LogP contribution >= 0.6 is 0 Å². The summed E-state index contributed by atoms with van der Waals surface area (Å²) in [6.07, 6.45) is 10.7. The zero-order valence-corrected chi connectivity index (χ0v) is 8.17. The lowest BCUT2D eigenvalue weighted by Gasteiger charge is -2.32. The van der Waals surface area contributed by atoms with Crippen LogP contribution < -0.4 is 0 Å². The van der Waals surface area contributed by atoms with Gasteiger partial charge in [0.05, 0.1) is 0 Å². The van der Waals surface area contributed by atoms with Crippen molar-refractivity contribution in [1.29, 1.82) is 0 Å². The van der Waals surface area contributed by atoms with E-state index in [9.17, 15) is 4.79 Å². The van der Waals surface area contributed by atoms with E-state index < -0.39 is 0 Å². The third kappa shape index (κ3) is 1.16. The Morgan fingerprint density at radius 2 is 2.08 bits per heavy atom. The second-order valence-electron chi connectivity index (χ2n) is 5.58. The lowest BCUT2D eigenvalue weighted by Crippen LogP contribution is -2.30. The smallest absolute Gasteiger partial charge is 0.126 e. The van der Waals surface area contributed by atoms with Gasteiger partial charge in [0.25, 0.3) is 0 Å². The van der Waals surface area contributed by atoms with Crippen LogP contribution in [0.5, 0.6) is 0 Å². The summed E-state index contributed by atoms with van der Waals surface area (Å²) in [7, 11) is 0. The zero-order valence-electron chi connectivity index (χ0n) is 8.17. The first-order valence-corrected chi connectivity index (χ1v) is 5.79. The second kappa shape index (κ2) is 2.59. The highest BCUT2D eigenvalue weighted by molar-refractivity contribution is 5.61. The molecule has 0 amide bonds. The van der Waals surface area contributed by atoms with Crippen LogP contribution in [0.4, 0.5) is 0 Å². The van der Waals surface area contributed by atoms with Gasteiger partial charge in [-0.2, -0.15) is 0 Å². The molecule has 72 valence electrons. The maximum absolute atomic E-state index is 11.3. The summed E-state index contributed by atoms with van der Waals surface area (Å²) in [5.41, 5.74) is 0.157. The molecular formula is C12H18O. The number of carbonyl (C=O) groups excluding carboxylic acids is 1. The molecule has 0 aromatic heterocycles. The minimum atomic E-state index is 0.157. The fourth-order valence-corrected chi connectivity index (χ4v) is 3.79. The molecule has 0 heterocycles. The summed E-state index contributed by atoms with van der Waals surface area (Å²) < 4.78 is 0. The normalized spacial score (nSPS) is 48.3. The summed E-state index contributed by atoms with van der Waals surface area (Å²) in [5, 5.41) is 0. The largest absolute Gasteiger partial charge is 0.303 e. The van der Waals surface area contributed by atoms with Gasteiger partial charge in [-0.25, -0.2) is 0 Å². The Morgan fingerprint density at radius 1 is 1.23 bits per heavy atom. The molecule has 2 bridgehead atoms. The molecule has 3 unspecified atom stereocenters. The van der Waals surface area contributed by atoms with E-state index in [-0.39, 0.29) is 5.41 Å². The monoisotopic (exact) mass is 178 g/mol. The van der Waals surface area contributed by atoms with Gasteiger partial charge < -0.3 is 4.79 Å². The van der Waals surface area contributed by atoms with Gasteiger partial charge >= 0.3 is 0 Å². The number of hydrogen-bond acceptors (Lipinski definition) is 1. The van der Waals surface area contributed by atoms with Crippen LogP contribution in [0.25, 0.3) is 0 Å². The average molecular weight is 178 g/mol. The van der Waals surface area contributed by atoms with Crippen molar-refractivity contribution in [2.24, 2.45) is 23.2 Å². The summed E-state index contributed by atoms with van der Waals surface area (Å²) in [6, 6.07) is 0. The lowest BCUT2D eigenvalue weighted by molar-refractivity contribution is -0.119. The minimum Gasteiger partial charge on any atom is -0.303 e. The molecule has 13 heavy (non-hydrogen) atoms. The van der Waals surface area contributed by atoms with Gasteiger partial charge in [0, 0.05) is 5.41 Å². The molecule has 3 aliphatic rings. The molecular weight excluding hydrogens is 160 g/mol. The highest BCUT2D eigenvalue weighted by atomic mass is 16.1. The lowest BCUT2D eigenvalue weighted by atomic mass is 9.71. The van der Waals surface area contributed by atoms with Crippen LogP contribution in [-0.2, 0) is 4.79 Å². The van der Waals surface area contributed by atoms with Crippen molar-refractivity contribution in [2.75, 3.05) is 0 Å². The van der Waals surface area contributed by atoms with E-state index in [0.29, 0.717) is 0 Å². The third-order valence-electron chi connectivity index (χ3n) is 4.62. The van der Waals surface area contributed by atoms with Crippen molar-refractivity contribution >= 4 is 6.29 Å². The van der Waals surface area contributed by atoms with Gasteiger partial charge in [-0.15, -0.1) is 0 Å². The Bertz CT molecular complexity index is 231. The predicted octanol–water partition coefficient (Wildman–Crippen LogP) is 2.79. The van der Waals surface area contributed by atoms with Crippen LogP contribution in [0.1, 0.15) is 44.9 Å². The van der Waals surface area contributed by atoms with E-state index in [4.69, 9.17) is 0 Å². The van der Waals surface area contributed by atoms with Crippen molar-refractivity contribution in [3.8, 4) is 0 Å². The molecule has 0 saturated heterocycles. The van der Waals surface area contributed by atoms with Gasteiger partial charge in [-0.05, 0) is 43.4 Å². The molecule has 0 aromatic rings. The van der Waals surface area contributed by atoms with E-state index in [1.807, 2.05) is 0 Å². The fraction of sp³-hybridized carbons (Fsp3) is 0.917. The van der Waals surface area contributed by atoms with Gasteiger partial charge in [0.2, 0.25) is 0 Å². The maximum atomic E-state index is 11.3. The molecule has 0 spiro atoms. The Kier molecular flexibility index (Phi) is 1.59. The molecule has 0 aliphatic heterocycles. The molecule has 0 radical (unpaired) electrons. The number of carbonyl (C=O) groups is 1. The minimum absolute atomic E-state index is 0.157. The van der Waals surface area contributed by atoms with Gasteiger partial charge in [0.1, 0.15) is 6.29 Å². The molecule has 1 heteroatoms. The Morgan fingerprint density at radius 3 is 2.54 bits per heavy atom. The van der Waals surface area contributed by atoms with Crippen molar-refractivity contribution in [1.82, 2.24) is 0 Å². The first-order valence-electron chi connectivity index (χ1n) is 5.79. The summed E-state index contributed by atoms with van der Waals surface area (Å²) in [5.74, 6) is 2.61.